The second-order valence-electron chi connectivity index (χ2n) is 3.56. The summed E-state index contributed by atoms with van der Waals surface area (Å²) in [5.74, 6) is -0.719. The SMILES string of the molecule is CCCC(C)NC(CC)CC(=O)O. The number of carboxylic acids is 1. The first kappa shape index (κ1) is 12.4. The molecule has 0 aromatic rings. The third-order valence-electron chi connectivity index (χ3n) is 2.16. The highest BCUT2D eigenvalue weighted by atomic mass is 16.4. The van der Waals surface area contributed by atoms with Crippen LogP contribution in [-0.2, 0) is 4.79 Å². The lowest BCUT2D eigenvalue weighted by atomic mass is 10.1. The van der Waals surface area contributed by atoms with E-state index in [2.05, 4.69) is 19.2 Å². The summed E-state index contributed by atoms with van der Waals surface area (Å²) in [6.07, 6.45) is 3.35. The van der Waals surface area contributed by atoms with Gasteiger partial charge in [0, 0.05) is 12.1 Å². The van der Waals surface area contributed by atoms with Crippen LogP contribution in [0.5, 0.6) is 0 Å². The van der Waals surface area contributed by atoms with Gasteiger partial charge in [0.05, 0.1) is 6.42 Å². The van der Waals surface area contributed by atoms with E-state index in [0.29, 0.717) is 6.04 Å². The third-order valence-corrected chi connectivity index (χ3v) is 2.16. The van der Waals surface area contributed by atoms with Crippen LogP contribution in [0.15, 0.2) is 0 Å². The number of rotatable bonds is 7. The highest BCUT2D eigenvalue weighted by Gasteiger charge is 2.12. The van der Waals surface area contributed by atoms with Gasteiger partial charge in [-0.3, -0.25) is 4.79 Å². The summed E-state index contributed by atoms with van der Waals surface area (Å²) in [6.45, 7) is 6.25. The largest absolute Gasteiger partial charge is 0.481 e. The second kappa shape index (κ2) is 6.89. The van der Waals surface area contributed by atoms with Gasteiger partial charge in [-0.2, -0.15) is 0 Å². The Balaban J connectivity index is 3.75. The molecule has 13 heavy (non-hydrogen) atoms. The molecule has 0 spiro atoms. The Morgan fingerprint density at radius 3 is 2.46 bits per heavy atom. The van der Waals surface area contributed by atoms with Crippen LogP contribution in [0.4, 0.5) is 0 Å². The molecule has 0 aliphatic carbocycles. The molecule has 3 heteroatoms. The predicted molar refractivity (Wildman–Crippen MR) is 53.8 cm³/mol. The lowest BCUT2D eigenvalue weighted by Gasteiger charge is -2.20. The van der Waals surface area contributed by atoms with Crippen molar-refractivity contribution in [1.29, 1.82) is 0 Å². The fourth-order valence-corrected chi connectivity index (χ4v) is 1.45. The molecule has 3 nitrogen and oxygen atoms in total. The highest BCUT2D eigenvalue weighted by Crippen LogP contribution is 2.02. The van der Waals surface area contributed by atoms with Crippen molar-refractivity contribution < 1.29 is 9.90 Å². The Bertz CT molecular complexity index is 148. The van der Waals surface area contributed by atoms with Gasteiger partial charge in [-0.15, -0.1) is 0 Å². The fraction of sp³-hybridized carbons (Fsp3) is 0.900. The number of hydrogen-bond donors (Lipinski definition) is 2. The Hall–Kier alpha value is -0.570. The fourth-order valence-electron chi connectivity index (χ4n) is 1.45. The normalized spacial score (nSPS) is 15.3. The van der Waals surface area contributed by atoms with E-state index in [1.807, 2.05) is 6.92 Å². The number of hydrogen-bond acceptors (Lipinski definition) is 2. The molecule has 2 unspecified atom stereocenters. The van der Waals surface area contributed by atoms with Gasteiger partial charge in [0.2, 0.25) is 0 Å². The van der Waals surface area contributed by atoms with Crippen LogP contribution in [0.25, 0.3) is 0 Å². The highest BCUT2D eigenvalue weighted by molar-refractivity contribution is 5.67. The molecule has 0 bridgehead atoms. The first-order valence-corrected chi connectivity index (χ1v) is 5.07. The number of aliphatic carboxylic acids is 1. The maximum atomic E-state index is 10.5. The Kier molecular flexibility index (Phi) is 6.59. The van der Waals surface area contributed by atoms with E-state index >= 15 is 0 Å². The van der Waals surface area contributed by atoms with Crippen molar-refractivity contribution in [1.82, 2.24) is 5.32 Å². The summed E-state index contributed by atoms with van der Waals surface area (Å²) in [4.78, 5) is 10.5. The molecular formula is C10H21NO2. The van der Waals surface area contributed by atoms with E-state index < -0.39 is 5.97 Å². The Morgan fingerprint density at radius 2 is 2.08 bits per heavy atom. The lowest BCUT2D eigenvalue weighted by Crippen LogP contribution is -2.37. The number of nitrogens with one attached hydrogen (secondary N) is 1. The standard InChI is InChI=1S/C10H21NO2/c1-4-6-8(3)11-9(5-2)7-10(12)13/h8-9,11H,4-7H2,1-3H3,(H,12,13). The van der Waals surface area contributed by atoms with Gasteiger partial charge in [0.15, 0.2) is 0 Å². The van der Waals surface area contributed by atoms with E-state index in [4.69, 9.17) is 5.11 Å². The molecule has 0 rings (SSSR count). The number of carboxylic acid groups (broad SMARTS) is 1. The van der Waals surface area contributed by atoms with Crippen molar-refractivity contribution in [2.24, 2.45) is 0 Å². The third kappa shape index (κ3) is 6.58. The van der Waals surface area contributed by atoms with E-state index in [1.54, 1.807) is 0 Å². The Labute approximate surface area is 80.5 Å². The van der Waals surface area contributed by atoms with Crippen LogP contribution in [-0.4, -0.2) is 23.2 Å². The minimum Gasteiger partial charge on any atom is -0.481 e. The lowest BCUT2D eigenvalue weighted by molar-refractivity contribution is -0.137. The molecule has 0 amide bonds. The van der Waals surface area contributed by atoms with Gasteiger partial charge in [-0.05, 0) is 19.8 Å². The monoisotopic (exact) mass is 187 g/mol. The average molecular weight is 187 g/mol. The minimum atomic E-state index is -0.719. The van der Waals surface area contributed by atoms with Crippen molar-refractivity contribution in [2.75, 3.05) is 0 Å². The molecule has 78 valence electrons. The summed E-state index contributed by atoms with van der Waals surface area (Å²) in [7, 11) is 0. The van der Waals surface area contributed by atoms with Gasteiger partial charge in [0.25, 0.3) is 0 Å². The first-order valence-electron chi connectivity index (χ1n) is 5.07. The van der Waals surface area contributed by atoms with E-state index in [-0.39, 0.29) is 12.5 Å². The minimum absolute atomic E-state index is 0.124. The molecule has 2 N–H and O–H groups in total. The molecule has 0 saturated heterocycles. The summed E-state index contributed by atoms with van der Waals surface area (Å²) in [6, 6.07) is 0.549. The molecule has 0 fully saturated rings. The molecule has 0 aliphatic heterocycles. The molecule has 0 radical (unpaired) electrons. The van der Waals surface area contributed by atoms with Crippen LogP contribution in [0.2, 0.25) is 0 Å². The zero-order valence-electron chi connectivity index (χ0n) is 8.84. The molecular weight excluding hydrogens is 166 g/mol. The van der Waals surface area contributed by atoms with Crippen molar-refractivity contribution in [2.45, 2.75) is 58.5 Å². The molecule has 0 aromatic carbocycles. The van der Waals surface area contributed by atoms with Crippen LogP contribution >= 0.6 is 0 Å². The average Bonchev–Trinajstić information content (AvgIpc) is 2.02. The van der Waals surface area contributed by atoms with Gasteiger partial charge in [-0.25, -0.2) is 0 Å². The molecule has 0 aromatic heterocycles. The number of carbonyl (C=O) groups is 1. The van der Waals surface area contributed by atoms with Gasteiger partial charge in [-0.1, -0.05) is 20.3 Å². The van der Waals surface area contributed by atoms with E-state index in [0.717, 1.165) is 19.3 Å². The zero-order valence-corrected chi connectivity index (χ0v) is 8.84. The van der Waals surface area contributed by atoms with Crippen LogP contribution in [0, 0.1) is 0 Å². The predicted octanol–water partition coefficient (Wildman–Crippen LogP) is 2.02. The quantitative estimate of drug-likeness (QED) is 0.641. The summed E-state index contributed by atoms with van der Waals surface area (Å²) in [5, 5.41) is 11.9. The zero-order chi connectivity index (χ0) is 10.3. The van der Waals surface area contributed by atoms with Gasteiger partial charge < -0.3 is 10.4 Å². The van der Waals surface area contributed by atoms with Crippen LogP contribution in [0.3, 0.4) is 0 Å². The molecule has 0 aliphatic rings. The topological polar surface area (TPSA) is 49.3 Å². The first-order chi connectivity index (χ1) is 6.10. The summed E-state index contributed by atoms with van der Waals surface area (Å²) in [5.41, 5.74) is 0. The van der Waals surface area contributed by atoms with Crippen molar-refractivity contribution in [3.8, 4) is 0 Å². The van der Waals surface area contributed by atoms with Crippen molar-refractivity contribution in [3.63, 3.8) is 0 Å². The van der Waals surface area contributed by atoms with Gasteiger partial charge >= 0.3 is 5.97 Å². The molecule has 0 saturated carbocycles. The van der Waals surface area contributed by atoms with Crippen molar-refractivity contribution in [3.05, 3.63) is 0 Å². The Morgan fingerprint density at radius 1 is 1.46 bits per heavy atom. The summed E-state index contributed by atoms with van der Waals surface area (Å²) < 4.78 is 0. The molecule has 0 heterocycles. The van der Waals surface area contributed by atoms with Crippen LogP contribution < -0.4 is 5.32 Å². The summed E-state index contributed by atoms with van der Waals surface area (Å²) >= 11 is 0. The molecule has 2 atom stereocenters. The van der Waals surface area contributed by atoms with Crippen LogP contribution in [0.1, 0.15) is 46.5 Å². The van der Waals surface area contributed by atoms with Crippen molar-refractivity contribution >= 4 is 5.97 Å². The second-order valence-corrected chi connectivity index (χ2v) is 3.56. The maximum absolute atomic E-state index is 10.5. The van der Waals surface area contributed by atoms with Gasteiger partial charge in [0.1, 0.15) is 0 Å². The van der Waals surface area contributed by atoms with E-state index in [9.17, 15) is 4.79 Å². The maximum Gasteiger partial charge on any atom is 0.304 e. The van der Waals surface area contributed by atoms with E-state index in [1.165, 1.54) is 0 Å². The smallest absolute Gasteiger partial charge is 0.304 e.